The number of benzene rings is 1. The molecule has 0 aliphatic carbocycles. The lowest BCUT2D eigenvalue weighted by Crippen LogP contribution is -2.44. The van der Waals surface area contributed by atoms with Crippen LogP contribution in [0.3, 0.4) is 0 Å². The van der Waals surface area contributed by atoms with Crippen LogP contribution >= 0.6 is 34.4 Å². The molecule has 0 radical (unpaired) electrons. The maximum Gasteiger partial charge on any atom is 0.327 e. The molecule has 1 aromatic rings. The summed E-state index contributed by atoms with van der Waals surface area (Å²) in [6.45, 7) is 0. The number of rotatable bonds is 2. The molecule has 19 heavy (non-hydrogen) atoms. The zero-order valence-corrected chi connectivity index (χ0v) is 12.6. The van der Waals surface area contributed by atoms with Gasteiger partial charge in [-0.25, -0.2) is 14.0 Å². The molecule has 1 heterocycles. The predicted molar refractivity (Wildman–Crippen MR) is 78.7 cm³/mol. The lowest BCUT2D eigenvalue weighted by Gasteiger charge is -2.21. The van der Waals surface area contributed by atoms with E-state index in [0.29, 0.717) is 20.9 Å². The third-order valence-corrected chi connectivity index (χ3v) is 4.51. The molecular weight excluding hydrogens is 386 g/mol. The van der Waals surface area contributed by atoms with Crippen LogP contribution in [0.2, 0.25) is 0 Å². The average molecular weight is 396 g/mol. The Labute approximate surface area is 126 Å². The number of carbonyl (C=O) groups excluding carboxylic acids is 1. The van der Waals surface area contributed by atoms with Crippen LogP contribution in [0.1, 0.15) is 0 Å². The standard InChI is InChI=1S/C11H10FIN2O3S/c12-6-1-2-8(7(13)3-6)14-11(18)15-5-19-4-9(15)10(16)17/h1-3,9H,4-5H2,(H,14,18)(H,16,17)/t9-/m0/s1. The minimum atomic E-state index is -1.02. The van der Waals surface area contributed by atoms with Crippen molar-refractivity contribution in [2.24, 2.45) is 0 Å². The molecule has 2 rings (SSSR count). The molecule has 2 amide bonds. The molecule has 0 aromatic heterocycles. The summed E-state index contributed by atoms with van der Waals surface area (Å²) in [6.07, 6.45) is 0. The van der Waals surface area contributed by atoms with Crippen LogP contribution in [0.4, 0.5) is 14.9 Å². The Kier molecular flexibility index (Phi) is 4.50. The summed E-state index contributed by atoms with van der Waals surface area (Å²) in [4.78, 5) is 24.3. The third-order valence-electron chi connectivity index (χ3n) is 2.60. The highest BCUT2D eigenvalue weighted by atomic mass is 127. The molecular formula is C11H10FIN2O3S. The van der Waals surface area contributed by atoms with E-state index in [0.717, 1.165) is 0 Å². The molecule has 1 saturated heterocycles. The lowest BCUT2D eigenvalue weighted by molar-refractivity contribution is -0.140. The van der Waals surface area contributed by atoms with E-state index in [1.165, 1.54) is 34.9 Å². The number of amides is 2. The molecule has 1 atom stereocenters. The van der Waals surface area contributed by atoms with Crippen molar-refractivity contribution in [2.75, 3.05) is 16.9 Å². The molecule has 1 aromatic carbocycles. The van der Waals surface area contributed by atoms with E-state index in [-0.39, 0.29) is 5.82 Å². The third kappa shape index (κ3) is 3.30. The normalized spacial score (nSPS) is 18.4. The monoisotopic (exact) mass is 396 g/mol. The van der Waals surface area contributed by atoms with Crippen LogP contribution in [0, 0.1) is 9.39 Å². The van der Waals surface area contributed by atoms with Gasteiger partial charge in [0.25, 0.3) is 0 Å². The summed E-state index contributed by atoms with van der Waals surface area (Å²) >= 11 is 3.29. The highest BCUT2D eigenvalue weighted by Gasteiger charge is 2.34. The molecule has 0 unspecified atom stereocenters. The summed E-state index contributed by atoms with van der Waals surface area (Å²) in [5, 5.41) is 11.6. The van der Waals surface area contributed by atoms with Crippen molar-refractivity contribution in [2.45, 2.75) is 6.04 Å². The molecule has 1 fully saturated rings. The molecule has 2 N–H and O–H groups in total. The Morgan fingerprint density at radius 3 is 2.89 bits per heavy atom. The van der Waals surface area contributed by atoms with Crippen molar-refractivity contribution in [3.05, 3.63) is 27.6 Å². The van der Waals surface area contributed by atoms with Crippen LogP contribution in [-0.2, 0) is 4.79 Å². The Morgan fingerprint density at radius 1 is 1.53 bits per heavy atom. The van der Waals surface area contributed by atoms with Crippen LogP contribution in [-0.4, -0.2) is 39.7 Å². The number of nitrogens with one attached hydrogen (secondary N) is 1. The van der Waals surface area contributed by atoms with Crippen molar-refractivity contribution >= 4 is 52.0 Å². The van der Waals surface area contributed by atoms with Gasteiger partial charge in [0.05, 0.1) is 11.6 Å². The minimum Gasteiger partial charge on any atom is -0.480 e. The van der Waals surface area contributed by atoms with Crippen molar-refractivity contribution in [3.8, 4) is 0 Å². The summed E-state index contributed by atoms with van der Waals surface area (Å²) < 4.78 is 13.5. The van der Waals surface area contributed by atoms with Gasteiger partial charge in [0.1, 0.15) is 11.9 Å². The van der Waals surface area contributed by atoms with E-state index in [4.69, 9.17) is 5.11 Å². The molecule has 0 spiro atoms. The number of thioether (sulfide) groups is 1. The van der Waals surface area contributed by atoms with Crippen molar-refractivity contribution < 1.29 is 19.1 Å². The number of nitrogens with zero attached hydrogens (tertiary/aromatic N) is 1. The SMILES string of the molecule is O=C(O)[C@@H]1CSCN1C(=O)Nc1ccc(F)cc1I. The number of anilines is 1. The predicted octanol–water partition coefficient (Wildman–Crippen LogP) is 2.42. The number of hydrogen-bond acceptors (Lipinski definition) is 3. The molecule has 1 aliphatic rings. The molecule has 0 saturated carbocycles. The van der Waals surface area contributed by atoms with Crippen LogP contribution < -0.4 is 5.32 Å². The maximum absolute atomic E-state index is 12.9. The smallest absolute Gasteiger partial charge is 0.327 e. The van der Waals surface area contributed by atoms with E-state index in [1.54, 1.807) is 0 Å². The van der Waals surface area contributed by atoms with Gasteiger partial charge in [-0.1, -0.05) is 0 Å². The number of urea groups is 1. The summed E-state index contributed by atoms with van der Waals surface area (Å²) in [7, 11) is 0. The largest absolute Gasteiger partial charge is 0.480 e. The fourth-order valence-electron chi connectivity index (χ4n) is 1.63. The molecule has 8 heteroatoms. The summed E-state index contributed by atoms with van der Waals surface area (Å²) in [5.74, 6) is -0.694. The first-order valence-electron chi connectivity index (χ1n) is 5.32. The molecule has 0 bridgehead atoms. The second kappa shape index (κ2) is 5.95. The Bertz CT molecular complexity index is 529. The molecule has 5 nitrogen and oxygen atoms in total. The van der Waals surface area contributed by atoms with Crippen LogP contribution in [0.15, 0.2) is 18.2 Å². The van der Waals surface area contributed by atoms with Gasteiger partial charge < -0.3 is 15.3 Å². The number of aliphatic carboxylic acids is 1. The number of carbonyl (C=O) groups is 2. The quantitative estimate of drug-likeness (QED) is 0.754. The van der Waals surface area contributed by atoms with Gasteiger partial charge in [0, 0.05) is 9.32 Å². The molecule has 1 aliphatic heterocycles. The van der Waals surface area contributed by atoms with E-state index < -0.39 is 18.0 Å². The van der Waals surface area contributed by atoms with Crippen LogP contribution in [0.25, 0.3) is 0 Å². The highest BCUT2D eigenvalue weighted by molar-refractivity contribution is 14.1. The average Bonchev–Trinajstić information content (AvgIpc) is 2.82. The second-order valence-electron chi connectivity index (χ2n) is 3.88. The molecule has 102 valence electrons. The zero-order valence-electron chi connectivity index (χ0n) is 9.60. The highest BCUT2D eigenvalue weighted by Crippen LogP contribution is 2.24. The maximum atomic E-state index is 12.9. The Morgan fingerprint density at radius 2 is 2.26 bits per heavy atom. The van der Waals surface area contributed by atoms with Crippen molar-refractivity contribution in [1.29, 1.82) is 0 Å². The van der Waals surface area contributed by atoms with E-state index in [1.807, 2.05) is 22.6 Å². The first-order chi connectivity index (χ1) is 8.99. The minimum absolute atomic E-state index is 0.334. The summed E-state index contributed by atoms with van der Waals surface area (Å²) in [6, 6.07) is 2.69. The van der Waals surface area contributed by atoms with Crippen molar-refractivity contribution in [1.82, 2.24) is 4.90 Å². The van der Waals surface area contributed by atoms with E-state index in [2.05, 4.69) is 5.32 Å². The zero-order chi connectivity index (χ0) is 14.0. The van der Waals surface area contributed by atoms with Crippen molar-refractivity contribution in [3.63, 3.8) is 0 Å². The fourth-order valence-corrected chi connectivity index (χ4v) is 3.38. The number of hydrogen-bond donors (Lipinski definition) is 2. The fraction of sp³-hybridized carbons (Fsp3) is 0.273. The lowest BCUT2D eigenvalue weighted by atomic mass is 10.3. The van der Waals surface area contributed by atoms with Gasteiger partial charge in [-0.3, -0.25) is 0 Å². The van der Waals surface area contributed by atoms with Gasteiger partial charge in [0.2, 0.25) is 0 Å². The number of carboxylic acids is 1. The first-order valence-corrected chi connectivity index (χ1v) is 7.55. The van der Waals surface area contributed by atoms with Crippen LogP contribution in [0.5, 0.6) is 0 Å². The summed E-state index contributed by atoms with van der Waals surface area (Å²) in [5.41, 5.74) is 0.466. The number of halogens is 2. The second-order valence-corrected chi connectivity index (χ2v) is 6.04. The number of carboxylic acid groups (broad SMARTS) is 1. The van der Waals surface area contributed by atoms with E-state index >= 15 is 0 Å². The topological polar surface area (TPSA) is 69.6 Å². The first kappa shape index (κ1) is 14.4. The van der Waals surface area contributed by atoms with Gasteiger partial charge in [-0.2, -0.15) is 0 Å². The van der Waals surface area contributed by atoms with E-state index in [9.17, 15) is 14.0 Å². The van der Waals surface area contributed by atoms with Gasteiger partial charge >= 0.3 is 12.0 Å². The van der Waals surface area contributed by atoms with Gasteiger partial charge in [-0.05, 0) is 40.8 Å². The van der Waals surface area contributed by atoms with Gasteiger partial charge in [-0.15, -0.1) is 11.8 Å². The Balaban J connectivity index is 2.10. The van der Waals surface area contributed by atoms with Gasteiger partial charge in [0.15, 0.2) is 0 Å². The Hall–Kier alpha value is -1.03.